The average Bonchev–Trinajstić information content (AvgIpc) is 2.66. The van der Waals surface area contributed by atoms with Crippen LogP contribution < -0.4 is 10.5 Å². The molecule has 0 aliphatic heterocycles. The van der Waals surface area contributed by atoms with Crippen molar-refractivity contribution >= 4 is 29.8 Å². The van der Waals surface area contributed by atoms with Gasteiger partial charge < -0.3 is 20.7 Å². The number of nitrogens with two attached hydrogens (primary N) is 1. The van der Waals surface area contributed by atoms with Gasteiger partial charge in [0.2, 0.25) is 0 Å². The number of nitro groups is 1. The largest absolute Gasteiger partial charge is 0.480 e. The van der Waals surface area contributed by atoms with Crippen LogP contribution in [-0.2, 0) is 9.59 Å². The standard InChI is InChI=1S/C19H18N2O7/c20-16(18(22)23)11-17(19(24)25)28-15-9-5-13(6-10-15)2-1-12-3-7-14(8-4-12)21(26)27/h1-10,16-17H,11,20H2,(H,22,23)(H,24,25)/t16-,17?/m0/s1. The van der Waals surface area contributed by atoms with Crippen LogP contribution in [0.5, 0.6) is 5.75 Å². The second-order valence-corrected chi connectivity index (χ2v) is 5.88. The van der Waals surface area contributed by atoms with E-state index in [1.54, 1.807) is 48.6 Å². The first-order chi connectivity index (χ1) is 13.3. The molecule has 0 bridgehead atoms. The van der Waals surface area contributed by atoms with Gasteiger partial charge in [-0.3, -0.25) is 14.9 Å². The van der Waals surface area contributed by atoms with Crippen LogP contribution in [0.2, 0.25) is 0 Å². The molecule has 2 aromatic carbocycles. The number of hydrogen-bond donors (Lipinski definition) is 3. The Morgan fingerprint density at radius 1 is 1.00 bits per heavy atom. The molecule has 0 saturated carbocycles. The molecule has 0 aliphatic carbocycles. The van der Waals surface area contributed by atoms with Crippen molar-refractivity contribution in [3.05, 3.63) is 69.8 Å². The lowest BCUT2D eigenvalue weighted by molar-refractivity contribution is -0.384. The summed E-state index contributed by atoms with van der Waals surface area (Å²) in [5.41, 5.74) is 6.94. The molecule has 0 amide bonds. The summed E-state index contributed by atoms with van der Waals surface area (Å²) in [7, 11) is 0. The maximum absolute atomic E-state index is 11.2. The Hall–Kier alpha value is -3.72. The molecule has 2 aromatic rings. The number of carboxylic acids is 2. The molecule has 9 nitrogen and oxygen atoms in total. The maximum atomic E-state index is 11.2. The minimum Gasteiger partial charge on any atom is -0.480 e. The first-order valence-electron chi connectivity index (χ1n) is 8.16. The van der Waals surface area contributed by atoms with Crippen molar-refractivity contribution in [3.63, 3.8) is 0 Å². The molecule has 9 heteroatoms. The maximum Gasteiger partial charge on any atom is 0.344 e. The van der Waals surface area contributed by atoms with Gasteiger partial charge in [-0.1, -0.05) is 24.3 Å². The Labute approximate surface area is 159 Å². The van der Waals surface area contributed by atoms with Crippen LogP contribution in [0, 0.1) is 10.1 Å². The van der Waals surface area contributed by atoms with E-state index in [1.807, 2.05) is 0 Å². The van der Waals surface area contributed by atoms with Gasteiger partial charge in [-0.05, 0) is 35.4 Å². The summed E-state index contributed by atoms with van der Waals surface area (Å²) in [5.74, 6) is -2.35. The molecule has 0 heterocycles. The van der Waals surface area contributed by atoms with Gasteiger partial charge in [0.1, 0.15) is 11.8 Å². The highest BCUT2D eigenvalue weighted by atomic mass is 16.6. The molecule has 0 aromatic heterocycles. The fourth-order valence-electron chi connectivity index (χ4n) is 2.25. The van der Waals surface area contributed by atoms with Gasteiger partial charge in [-0.2, -0.15) is 0 Å². The Balaban J connectivity index is 2.02. The highest BCUT2D eigenvalue weighted by molar-refractivity contribution is 5.77. The summed E-state index contributed by atoms with van der Waals surface area (Å²) in [4.78, 5) is 32.2. The summed E-state index contributed by atoms with van der Waals surface area (Å²) in [5, 5.41) is 28.6. The first-order valence-corrected chi connectivity index (χ1v) is 8.16. The zero-order chi connectivity index (χ0) is 20.7. The van der Waals surface area contributed by atoms with Crippen molar-refractivity contribution in [2.45, 2.75) is 18.6 Å². The van der Waals surface area contributed by atoms with Crippen molar-refractivity contribution in [1.29, 1.82) is 0 Å². The number of nitrogens with zero attached hydrogens (tertiary/aromatic N) is 1. The van der Waals surface area contributed by atoms with E-state index >= 15 is 0 Å². The number of hydrogen-bond acceptors (Lipinski definition) is 6. The van der Waals surface area contributed by atoms with E-state index in [9.17, 15) is 19.7 Å². The van der Waals surface area contributed by atoms with E-state index in [2.05, 4.69) is 0 Å². The van der Waals surface area contributed by atoms with Gasteiger partial charge in [-0.25, -0.2) is 4.79 Å². The molecule has 1 unspecified atom stereocenters. The summed E-state index contributed by atoms with van der Waals surface area (Å²) < 4.78 is 5.32. The molecular weight excluding hydrogens is 368 g/mol. The SMILES string of the molecule is N[C@@H](CC(Oc1ccc(C=Cc2ccc([N+](=O)[O-])cc2)cc1)C(=O)O)C(=O)O. The molecule has 28 heavy (non-hydrogen) atoms. The molecule has 2 rings (SSSR count). The topological polar surface area (TPSA) is 153 Å². The lowest BCUT2D eigenvalue weighted by Gasteiger charge is -2.17. The van der Waals surface area contributed by atoms with Gasteiger partial charge in [0.25, 0.3) is 5.69 Å². The summed E-state index contributed by atoms with van der Waals surface area (Å²) in [6.07, 6.45) is 1.80. The van der Waals surface area contributed by atoms with E-state index in [0.29, 0.717) is 0 Å². The lowest BCUT2D eigenvalue weighted by atomic mass is 10.1. The van der Waals surface area contributed by atoms with Crippen LogP contribution in [0.3, 0.4) is 0 Å². The predicted octanol–water partition coefficient (Wildman–Crippen LogP) is 2.40. The number of benzene rings is 2. The highest BCUT2D eigenvalue weighted by Gasteiger charge is 2.26. The molecule has 2 atom stereocenters. The van der Waals surface area contributed by atoms with Crippen LogP contribution in [0.25, 0.3) is 12.2 Å². The van der Waals surface area contributed by atoms with Crippen LogP contribution in [0.4, 0.5) is 5.69 Å². The molecule has 0 radical (unpaired) electrons. The third-order valence-corrected chi connectivity index (χ3v) is 3.79. The van der Waals surface area contributed by atoms with E-state index in [4.69, 9.17) is 20.7 Å². The fourth-order valence-corrected chi connectivity index (χ4v) is 2.25. The van der Waals surface area contributed by atoms with Gasteiger partial charge in [0, 0.05) is 18.6 Å². The number of carboxylic acid groups (broad SMARTS) is 2. The zero-order valence-corrected chi connectivity index (χ0v) is 14.6. The van der Waals surface area contributed by atoms with E-state index < -0.39 is 29.0 Å². The molecule has 0 aliphatic rings. The monoisotopic (exact) mass is 386 g/mol. The van der Waals surface area contributed by atoms with Crippen LogP contribution in [0.1, 0.15) is 17.5 Å². The molecule has 146 valence electrons. The average molecular weight is 386 g/mol. The van der Waals surface area contributed by atoms with E-state index in [0.717, 1.165) is 11.1 Å². The van der Waals surface area contributed by atoms with E-state index in [1.165, 1.54) is 12.1 Å². The van der Waals surface area contributed by atoms with Gasteiger partial charge in [0.15, 0.2) is 6.10 Å². The van der Waals surface area contributed by atoms with Crippen molar-refractivity contribution < 1.29 is 29.5 Å². The number of rotatable bonds is 9. The number of nitro benzene ring substituents is 1. The Morgan fingerprint density at radius 3 is 1.93 bits per heavy atom. The normalized spacial score (nSPS) is 13.0. The quantitative estimate of drug-likeness (QED) is 0.337. The lowest BCUT2D eigenvalue weighted by Crippen LogP contribution is -2.39. The Kier molecular flexibility index (Phi) is 6.83. The molecule has 0 saturated heterocycles. The summed E-state index contributed by atoms with van der Waals surface area (Å²) in [6.45, 7) is 0. The second-order valence-electron chi connectivity index (χ2n) is 5.88. The van der Waals surface area contributed by atoms with Crippen molar-refractivity contribution in [3.8, 4) is 5.75 Å². The number of carbonyl (C=O) groups is 2. The van der Waals surface area contributed by atoms with Crippen molar-refractivity contribution in [2.75, 3.05) is 0 Å². The first kappa shape index (κ1) is 20.6. The third-order valence-electron chi connectivity index (χ3n) is 3.79. The van der Waals surface area contributed by atoms with Crippen molar-refractivity contribution in [1.82, 2.24) is 0 Å². The molecule has 4 N–H and O–H groups in total. The van der Waals surface area contributed by atoms with Gasteiger partial charge in [0.05, 0.1) is 4.92 Å². The number of non-ortho nitro benzene ring substituents is 1. The Morgan fingerprint density at radius 2 is 1.50 bits per heavy atom. The molecular formula is C19H18N2O7. The van der Waals surface area contributed by atoms with Crippen LogP contribution in [-0.4, -0.2) is 39.2 Å². The molecule has 0 spiro atoms. The Bertz CT molecular complexity index is 876. The highest BCUT2D eigenvalue weighted by Crippen LogP contribution is 2.18. The minimum absolute atomic E-state index is 0.00857. The summed E-state index contributed by atoms with van der Waals surface area (Å²) >= 11 is 0. The van der Waals surface area contributed by atoms with Gasteiger partial charge in [-0.15, -0.1) is 0 Å². The minimum atomic E-state index is -1.38. The van der Waals surface area contributed by atoms with E-state index in [-0.39, 0.29) is 17.9 Å². The van der Waals surface area contributed by atoms with Crippen LogP contribution >= 0.6 is 0 Å². The predicted molar refractivity (Wildman–Crippen MR) is 101 cm³/mol. The van der Waals surface area contributed by atoms with Crippen molar-refractivity contribution in [2.24, 2.45) is 5.73 Å². The van der Waals surface area contributed by atoms with Crippen LogP contribution in [0.15, 0.2) is 48.5 Å². The fraction of sp³-hybridized carbons (Fsp3) is 0.158. The smallest absolute Gasteiger partial charge is 0.344 e. The second kappa shape index (κ2) is 9.28. The molecule has 0 fully saturated rings. The van der Waals surface area contributed by atoms with Gasteiger partial charge >= 0.3 is 11.9 Å². The number of ether oxygens (including phenoxy) is 1. The summed E-state index contributed by atoms with van der Waals surface area (Å²) in [6, 6.07) is 11.2. The zero-order valence-electron chi connectivity index (χ0n) is 14.6. The number of aliphatic carboxylic acids is 2. The third kappa shape index (κ3) is 5.92.